The van der Waals surface area contributed by atoms with Gasteiger partial charge in [0, 0.05) is 31.3 Å². The highest BCUT2D eigenvalue weighted by atomic mass is 32.2. The number of thiol groups is 1. The van der Waals surface area contributed by atoms with Crippen LogP contribution in [0.1, 0.15) is 18.4 Å². The van der Waals surface area contributed by atoms with Crippen LogP contribution in [0.3, 0.4) is 0 Å². The lowest BCUT2D eigenvalue weighted by Crippen LogP contribution is -2.49. The van der Waals surface area contributed by atoms with Crippen molar-refractivity contribution >= 4 is 48.2 Å². The van der Waals surface area contributed by atoms with E-state index in [9.17, 15) is 54.2 Å². The molecular formula is C26H32F9N3O8S2. The molecule has 1 aliphatic heterocycles. The molecular weight excluding hydrogens is 717 g/mol. The van der Waals surface area contributed by atoms with Gasteiger partial charge in [-0.1, -0.05) is 12.2 Å². The van der Waals surface area contributed by atoms with Gasteiger partial charge in [-0.15, -0.1) is 0 Å². The Kier molecular flexibility index (Phi) is 18.8. The van der Waals surface area contributed by atoms with Gasteiger partial charge in [-0.2, -0.15) is 63.9 Å². The third-order valence-corrected chi connectivity index (χ3v) is 6.86. The number of nitrogens with two attached hydrogens (primary N) is 1. The third-order valence-electron chi connectivity index (χ3n) is 5.80. The van der Waals surface area contributed by atoms with Gasteiger partial charge in [0.2, 0.25) is 5.91 Å². The second-order valence-corrected chi connectivity index (χ2v) is 10.9. The highest BCUT2D eigenvalue weighted by Crippen LogP contribution is 2.31. The molecule has 1 amide bonds. The molecule has 0 aromatic heterocycles. The fourth-order valence-electron chi connectivity index (χ4n) is 3.53. The quantitative estimate of drug-likeness (QED) is 0.104. The number of aliphatic carboxylic acids is 3. The molecule has 0 unspecified atom stereocenters. The molecule has 274 valence electrons. The van der Waals surface area contributed by atoms with Gasteiger partial charge >= 0.3 is 36.4 Å². The predicted octanol–water partition coefficient (Wildman–Crippen LogP) is 3.93. The van der Waals surface area contributed by atoms with Gasteiger partial charge in [0.1, 0.15) is 17.9 Å². The number of carboxylic acids is 3. The molecule has 1 fully saturated rings. The summed E-state index contributed by atoms with van der Waals surface area (Å²) in [5.41, 5.74) is 5.06. The van der Waals surface area contributed by atoms with E-state index >= 15 is 0 Å². The normalized spacial score (nSPS) is 18.1. The van der Waals surface area contributed by atoms with E-state index in [1.807, 2.05) is 17.2 Å². The number of nitrogens with zero attached hydrogens (tertiary/aromatic N) is 1. The highest BCUT2D eigenvalue weighted by molar-refractivity contribution is 7.98. The fraction of sp³-hybridized carbons (Fsp3) is 0.538. The summed E-state index contributed by atoms with van der Waals surface area (Å²) in [6.45, 7) is 0.705. The van der Waals surface area contributed by atoms with E-state index in [1.165, 1.54) is 23.9 Å². The Morgan fingerprint density at radius 1 is 1.02 bits per heavy atom. The molecule has 11 nitrogen and oxygen atoms in total. The predicted molar refractivity (Wildman–Crippen MR) is 157 cm³/mol. The van der Waals surface area contributed by atoms with Crippen molar-refractivity contribution in [2.24, 2.45) is 5.73 Å². The maximum Gasteiger partial charge on any atom is 0.490 e. The van der Waals surface area contributed by atoms with Gasteiger partial charge in [-0.3, -0.25) is 9.69 Å². The van der Waals surface area contributed by atoms with Crippen LogP contribution in [0.2, 0.25) is 0 Å². The molecule has 0 radical (unpaired) electrons. The minimum absolute atomic E-state index is 0.250. The van der Waals surface area contributed by atoms with E-state index < -0.39 is 66.1 Å². The minimum atomic E-state index is -5.08. The Morgan fingerprint density at radius 2 is 1.52 bits per heavy atom. The summed E-state index contributed by atoms with van der Waals surface area (Å²) in [5.74, 6) is -5.76. The van der Waals surface area contributed by atoms with Crippen molar-refractivity contribution in [1.82, 2.24) is 10.2 Å². The van der Waals surface area contributed by atoms with Crippen molar-refractivity contribution in [3.63, 3.8) is 0 Å². The van der Waals surface area contributed by atoms with Crippen molar-refractivity contribution in [2.75, 3.05) is 30.9 Å². The maximum atomic E-state index is 13.0. The highest BCUT2D eigenvalue weighted by Gasteiger charge is 2.40. The first-order valence-electron chi connectivity index (χ1n) is 13.2. The van der Waals surface area contributed by atoms with Crippen molar-refractivity contribution in [3.05, 3.63) is 42.0 Å². The van der Waals surface area contributed by atoms with Crippen molar-refractivity contribution in [1.29, 1.82) is 0 Å². The van der Waals surface area contributed by atoms with Crippen molar-refractivity contribution in [2.45, 2.75) is 55.6 Å². The number of thioether (sulfide) groups is 1. The van der Waals surface area contributed by atoms with E-state index in [1.54, 1.807) is 6.08 Å². The number of amides is 1. The Bertz CT molecular complexity index is 1190. The second kappa shape index (κ2) is 20.2. The molecule has 0 aliphatic carbocycles. The Hall–Kier alpha value is -3.37. The zero-order chi connectivity index (χ0) is 37.5. The third kappa shape index (κ3) is 17.7. The molecule has 1 aromatic rings. The number of halogens is 9. The molecule has 6 N–H and O–H groups in total. The lowest BCUT2D eigenvalue weighted by molar-refractivity contribution is -0.193. The van der Waals surface area contributed by atoms with Gasteiger partial charge < -0.3 is 31.1 Å². The van der Waals surface area contributed by atoms with Crippen LogP contribution in [-0.2, 0) is 25.4 Å². The molecule has 22 heteroatoms. The minimum Gasteiger partial charge on any atom is -0.489 e. The van der Waals surface area contributed by atoms with Gasteiger partial charge in [0.15, 0.2) is 0 Å². The number of carbonyl (C=O) groups is 4. The van der Waals surface area contributed by atoms with E-state index in [0.717, 1.165) is 12.1 Å². The largest absolute Gasteiger partial charge is 0.490 e. The molecule has 0 bridgehead atoms. The first-order valence-corrected chi connectivity index (χ1v) is 15.2. The molecule has 0 saturated carbocycles. The number of hydrogen-bond donors (Lipinski definition) is 6. The lowest BCUT2D eigenvalue weighted by Gasteiger charge is -2.24. The molecule has 1 aliphatic rings. The molecule has 1 heterocycles. The van der Waals surface area contributed by atoms with Crippen LogP contribution in [0.15, 0.2) is 36.4 Å². The number of ether oxygens (including phenoxy) is 1. The molecule has 0 spiro atoms. The van der Waals surface area contributed by atoms with Crippen LogP contribution in [0.25, 0.3) is 0 Å². The second-order valence-electron chi connectivity index (χ2n) is 9.53. The number of benzene rings is 1. The maximum absolute atomic E-state index is 13.0. The molecule has 4 atom stereocenters. The van der Waals surface area contributed by atoms with Gasteiger partial charge in [0.05, 0.1) is 11.6 Å². The Morgan fingerprint density at radius 3 is 1.92 bits per heavy atom. The van der Waals surface area contributed by atoms with Crippen LogP contribution < -0.4 is 15.8 Å². The number of hydrogen-bond acceptors (Lipinski definition) is 9. The van der Waals surface area contributed by atoms with Crippen LogP contribution >= 0.6 is 24.4 Å². The van der Waals surface area contributed by atoms with E-state index in [0.29, 0.717) is 24.6 Å². The molecule has 1 saturated heterocycles. The topological polar surface area (TPSA) is 179 Å². The van der Waals surface area contributed by atoms with E-state index in [-0.39, 0.29) is 24.6 Å². The monoisotopic (exact) mass is 749 g/mol. The summed E-state index contributed by atoms with van der Waals surface area (Å²) < 4.78 is 108. The Balaban J connectivity index is 0.00000131. The average molecular weight is 750 g/mol. The summed E-state index contributed by atoms with van der Waals surface area (Å²) in [7, 11) is 0. The lowest BCUT2D eigenvalue weighted by atomic mass is 10.1. The van der Waals surface area contributed by atoms with Crippen LogP contribution in [-0.4, -0.2) is 111 Å². The van der Waals surface area contributed by atoms with Crippen LogP contribution in [0.4, 0.5) is 39.5 Å². The number of alkyl halides is 9. The van der Waals surface area contributed by atoms with E-state index in [4.69, 9.17) is 30.3 Å². The smallest absolute Gasteiger partial charge is 0.489 e. The SMILES string of the molecule is CSCC[C@H](NC(=O)[C@@H]1C[C@H](Oc2ccc(C(F)(F)F)cc2)CN1C/C=C/[C@@H](N)CS)C(=O)O.O=C(O)C(F)(F)F.O=C(O)C(F)(F)F. The number of carboxylic acid groups (broad SMARTS) is 3. The first kappa shape index (κ1) is 44.6. The van der Waals surface area contributed by atoms with Gasteiger partial charge in [0.25, 0.3) is 0 Å². The number of likely N-dealkylation sites (tertiary alicyclic amines) is 1. The molecule has 48 heavy (non-hydrogen) atoms. The average Bonchev–Trinajstić information content (AvgIpc) is 3.36. The summed E-state index contributed by atoms with van der Waals surface area (Å²) in [6.07, 6.45) is -9.10. The summed E-state index contributed by atoms with van der Waals surface area (Å²) in [6, 6.07) is 2.45. The molecule has 1 aromatic carbocycles. The number of carbonyl (C=O) groups excluding carboxylic acids is 1. The summed E-state index contributed by atoms with van der Waals surface area (Å²) in [5, 5.41) is 26.3. The zero-order valence-corrected chi connectivity index (χ0v) is 26.4. The first-order chi connectivity index (χ1) is 21.9. The van der Waals surface area contributed by atoms with Crippen molar-refractivity contribution < 1.29 is 78.7 Å². The van der Waals surface area contributed by atoms with Gasteiger partial charge in [-0.05, 0) is 42.7 Å². The summed E-state index contributed by atoms with van der Waals surface area (Å²) >= 11 is 5.61. The van der Waals surface area contributed by atoms with Crippen molar-refractivity contribution in [3.8, 4) is 5.75 Å². The van der Waals surface area contributed by atoms with E-state index in [2.05, 4.69) is 17.9 Å². The Labute approximate surface area is 277 Å². The molecule has 2 rings (SSSR count). The van der Waals surface area contributed by atoms with Gasteiger partial charge in [-0.25, -0.2) is 14.4 Å². The van der Waals surface area contributed by atoms with Crippen LogP contribution in [0.5, 0.6) is 5.75 Å². The van der Waals surface area contributed by atoms with Crippen LogP contribution in [0, 0.1) is 0 Å². The number of rotatable bonds is 12. The standard InChI is InChI=1S/C22H30F3N3O4S2.2C2HF3O2/c1-34-10-8-18(21(30)31)27-20(29)19-11-17(12-28(19)9-2-3-15(26)13-33)32-16-6-4-14(5-7-16)22(23,24)25;2*3-2(4,5)1(6)7/h2-7,15,17-19,33H,8-13,26H2,1H3,(H,27,29)(H,30,31);2*(H,6,7)/b3-2+;;/t15-,17+,18+,19+;;/m1../s1. The number of nitrogens with one attached hydrogen (secondary N) is 1. The summed E-state index contributed by atoms with van der Waals surface area (Å²) in [4.78, 5) is 44.1. The fourth-order valence-corrected chi connectivity index (χ4v) is 4.12. The zero-order valence-electron chi connectivity index (χ0n) is 24.7.